The van der Waals surface area contributed by atoms with E-state index in [2.05, 4.69) is 25.9 Å². The molecule has 1 aromatic heterocycles. The molecule has 1 fully saturated rings. The summed E-state index contributed by atoms with van der Waals surface area (Å²) in [5, 5.41) is 0. The number of aromatic nitrogens is 2. The maximum absolute atomic E-state index is 12.7. The number of para-hydroxylation sites is 2. The van der Waals surface area contributed by atoms with Crippen LogP contribution in [0.4, 0.5) is 0 Å². The molecule has 3 aromatic rings. The molecule has 1 aliphatic carbocycles. The molecule has 0 bridgehead atoms. The molecular formula is C25H27BrN2O3. The summed E-state index contributed by atoms with van der Waals surface area (Å²) in [7, 11) is 1.48. The number of carbonyl (C=O) groups is 1. The number of fused-ring (bicyclic) bond motifs is 1. The third kappa shape index (κ3) is 5.24. The van der Waals surface area contributed by atoms with Gasteiger partial charge >= 0.3 is 5.97 Å². The zero-order valence-corrected chi connectivity index (χ0v) is 19.3. The normalized spacial score (nSPS) is 15.9. The third-order valence-electron chi connectivity index (χ3n) is 6.02. The zero-order valence-electron chi connectivity index (χ0n) is 17.7. The fourth-order valence-corrected chi connectivity index (χ4v) is 4.93. The van der Waals surface area contributed by atoms with Crippen molar-refractivity contribution in [2.24, 2.45) is 5.92 Å². The molecule has 6 heteroatoms. The summed E-state index contributed by atoms with van der Waals surface area (Å²) in [5.74, 6) is 0.642. The second kappa shape index (κ2) is 10.2. The van der Waals surface area contributed by atoms with Gasteiger partial charge in [-0.3, -0.25) is 9.78 Å². The summed E-state index contributed by atoms with van der Waals surface area (Å²) in [5.41, 5.74) is 3.45. The molecule has 4 rings (SSSR count). The van der Waals surface area contributed by atoms with E-state index in [1.165, 1.54) is 32.8 Å². The molecule has 0 saturated heterocycles. The number of rotatable bonds is 6. The maximum atomic E-state index is 12.7. The van der Waals surface area contributed by atoms with Crippen LogP contribution >= 0.6 is 15.9 Å². The first-order valence-corrected chi connectivity index (χ1v) is 11.7. The van der Waals surface area contributed by atoms with Crippen LogP contribution in [0.2, 0.25) is 0 Å². The van der Waals surface area contributed by atoms with Crippen molar-refractivity contribution in [1.82, 2.24) is 9.97 Å². The Morgan fingerprint density at radius 2 is 1.84 bits per heavy atom. The van der Waals surface area contributed by atoms with Crippen LogP contribution in [-0.4, -0.2) is 23.0 Å². The predicted octanol–water partition coefficient (Wildman–Crippen LogP) is 6.20. The number of methoxy groups -OCH3 is 1. The quantitative estimate of drug-likeness (QED) is 0.309. The van der Waals surface area contributed by atoms with Crippen LogP contribution in [-0.2, 0) is 16.1 Å². The van der Waals surface area contributed by atoms with Gasteiger partial charge < -0.3 is 9.47 Å². The number of esters is 1. The van der Waals surface area contributed by atoms with Crippen molar-refractivity contribution in [3.8, 4) is 5.75 Å². The SMILES string of the molecule is COC(=O)C(c1ccc(OCc2cnc3ccccc3n2)c(Br)c1)C1CCCCCC1. The third-order valence-corrected chi connectivity index (χ3v) is 6.64. The highest BCUT2D eigenvalue weighted by Crippen LogP contribution is 2.38. The van der Waals surface area contributed by atoms with E-state index in [1.807, 2.05) is 42.5 Å². The molecule has 0 spiro atoms. The van der Waals surface area contributed by atoms with Crippen molar-refractivity contribution in [3.63, 3.8) is 0 Å². The van der Waals surface area contributed by atoms with Gasteiger partial charge in [0.1, 0.15) is 12.4 Å². The number of hydrogen-bond donors (Lipinski definition) is 0. The van der Waals surface area contributed by atoms with Crippen molar-refractivity contribution in [2.75, 3.05) is 7.11 Å². The molecule has 5 nitrogen and oxygen atoms in total. The van der Waals surface area contributed by atoms with E-state index in [9.17, 15) is 4.79 Å². The monoisotopic (exact) mass is 482 g/mol. The van der Waals surface area contributed by atoms with Gasteiger partial charge in [0, 0.05) is 0 Å². The molecule has 31 heavy (non-hydrogen) atoms. The second-order valence-corrected chi connectivity index (χ2v) is 8.94. The Kier molecular flexibility index (Phi) is 7.17. The predicted molar refractivity (Wildman–Crippen MR) is 124 cm³/mol. The van der Waals surface area contributed by atoms with Crippen molar-refractivity contribution >= 4 is 32.9 Å². The van der Waals surface area contributed by atoms with Crippen molar-refractivity contribution < 1.29 is 14.3 Å². The van der Waals surface area contributed by atoms with E-state index < -0.39 is 0 Å². The molecule has 0 amide bonds. The van der Waals surface area contributed by atoms with E-state index in [-0.39, 0.29) is 11.9 Å². The Morgan fingerprint density at radius 1 is 1.10 bits per heavy atom. The highest BCUT2D eigenvalue weighted by molar-refractivity contribution is 9.10. The molecular weight excluding hydrogens is 456 g/mol. The summed E-state index contributed by atoms with van der Waals surface area (Å²) >= 11 is 3.63. The van der Waals surface area contributed by atoms with E-state index in [1.54, 1.807) is 6.20 Å². The van der Waals surface area contributed by atoms with Gasteiger partial charge in [-0.05, 0) is 64.5 Å². The summed E-state index contributed by atoms with van der Waals surface area (Å²) in [4.78, 5) is 21.7. The highest BCUT2D eigenvalue weighted by atomic mass is 79.9. The van der Waals surface area contributed by atoms with E-state index in [0.717, 1.165) is 39.6 Å². The Balaban J connectivity index is 1.50. The first-order valence-electron chi connectivity index (χ1n) is 10.9. The van der Waals surface area contributed by atoms with Crippen LogP contribution in [0.5, 0.6) is 5.75 Å². The lowest BCUT2D eigenvalue weighted by Crippen LogP contribution is -2.23. The van der Waals surface area contributed by atoms with Crippen LogP contribution in [0.15, 0.2) is 53.1 Å². The lowest BCUT2D eigenvalue weighted by Gasteiger charge is -2.25. The van der Waals surface area contributed by atoms with Gasteiger partial charge in [-0.25, -0.2) is 4.98 Å². The van der Waals surface area contributed by atoms with E-state index in [0.29, 0.717) is 18.3 Å². The van der Waals surface area contributed by atoms with Crippen molar-refractivity contribution in [1.29, 1.82) is 0 Å². The molecule has 0 aliphatic heterocycles. The van der Waals surface area contributed by atoms with Crippen LogP contribution in [0, 0.1) is 5.92 Å². The topological polar surface area (TPSA) is 61.3 Å². The van der Waals surface area contributed by atoms with Crippen LogP contribution < -0.4 is 4.74 Å². The maximum Gasteiger partial charge on any atom is 0.313 e. The summed E-state index contributed by atoms with van der Waals surface area (Å²) < 4.78 is 12.0. The molecule has 2 aromatic carbocycles. The zero-order chi connectivity index (χ0) is 21.6. The number of hydrogen-bond acceptors (Lipinski definition) is 5. The average molecular weight is 483 g/mol. The lowest BCUT2D eigenvalue weighted by atomic mass is 9.81. The molecule has 1 heterocycles. The molecule has 162 valence electrons. The molecule has 1 unspecified atom stereocenters. The number of ether oxygens (including phenoxy) is 2. The molecule has 0 N–H and O–H groups in total. The molecule has 1 atom stereocenters. The van der Waals surface area contributed by atoms with Gasteiger partial charge in [0.05, 0.1) is 40.4 Å². The summed E-state index contributed by atoms with van der Waals surface area (Å²) in [6.45, 7) is 0.318. The van der Waals surface area contributed by atoms with Gasteiger partial charge in [-0.1, -0.05) is 43.9 Å². The Bertz CT molecular complexity index is 1050. The van der Waals surface area contributed by atoms with Gasteiger partial charge in [-0.15, -0.1) is 0 Å². The smallest absolute Gasteiger partial charge is 0.313 e. The summed E-state index contributed by atoms with van der Waals surface area (Å²) in [6, 6.07) is 13.7. The van der Waals surface area contributed by atoms with Crippen molar-refractivity contribution in [2.45, 2.75) is 51.0 Å². The number of nitrogens with zero attached hydrogens (tertiary/aromatic N) is 2. The van der Waals surface area contributed by atoms with Crippen LogP contribution in [0.1, 0.15) is 55.7 Å². The standard InChI is InChI=1S/C25H27BrN2O3/c1-30-25(29)24(17-8-4-2-3-5-9-17)18-12-13-23(20(26)14-18)31-16-19-15-27-21-10-6-7-11-22(21)28-19/h6-7,10-15,17,24H,2-5,8-9,16H2,1H3. The fourth-order valence-electron chi connectivity index (χ4n) is 4.42. The lowest BCUT2D eigenvalue weighted by molar-refractivity contribution is -0.144. The highest BCUT2D eigenvalue weighted by Gasteiger charge is 2.31. The van der Waals surface area contributed by atoms with Crippen LogP contribution in [0.25, 0.3) is 11.0 Å². The average Bonchev–Trinajstić information content (AvgIpc) is 3.08. The van der Waals surface area contributed by atoms with Gasteiger partial charge in [0.15, 0.2) is 0 Å². The Labute approximate surface area is 191 Å². The fraction of sp³-hybridized carbons (Fsp3) is 0.400. The van der Waals surface area contributed by atoms with Gasteiger partial charge in [-0.2, -0.15) is 0 Å². The number of carbonyl (C=O) groups excluding carboxylic acids is 1. The van der Waals surface area contributed by atoms with E-state index >= 15 is 0 Å². The largest absolute Gasteiger partial charge is 0.486 e. The van der Waals surface area contributed by atoms with Gasteiger partial charge in [0.2, 0.25) is 0 Å². The first-order chi connectivity index (χ1) is 15.2. The number of halogens is 1. The minimum absolute atomic E-state index is 0.154. The summed E-state index contributed by atoms with van der Waals surface area (Å²) in [6.07, 6.45) is 8.72. The second-order valence-electron chi connectivity index (χ2n) is 8.08. The minimum atomic E-state index is -0.236. The Hall–Kier alpha value is -2.47. The van der Waals surface area contributed by atoms with Crippen LogP contribution in [0.3, 0.4) is 0 Å². The minimum Gasteiger partial charge on any atom is -0.486 e. The molecule has 1 aliphatic rings. The molecule has 1 saturated carbocycles. The van der Waals surface area contributed by atoms with Gasteiger partial charge in [0.25, 0.3) is 0 Å². The first kappa shape index (κ1) is 21.8. The molecule has 0 radical (unpaired) electrons. The number of benzene rings is 2. The van der Waals surface area contributed by atoms with Crippen molar-refractivity contribution in [3.05, 3.63) is 64.4 Å². The van der Waals surface area contributed by atoms with E-state index in [4.69, 9.17) is 9.47 Å². The Morgan fingerprint density at radius 3 is 2.55 bits per heavy atom.